The van der Waals surface area contributed by atoms with Gasteiger partial charge in [0.1, 0.15) is 6.10 Å². The van der Waals surface area contributed by atoms with Gasteiger partial charge in [-0.2, -0.15) is 0 Å². The van der Waals surface area contributed by atoms with Gasteiger partial charge in [0.15, 0.2) is 0 Å². The first-order chi connectivity index (χ1) is 11.4. The number of carbonyl (C=O) groups excluding carboxylic acids is 1. The zero-order valence-electron chi connectivity index (χ0n) is 13.2. The van der Waals surface area contributed by atoms with Gasteiger partial charge in [-0.15, -0.1) is 0 Å². The van der Waals surface area contributed by atoms with Crippen LogP contribution in [0.15, 0.2) is 66.7 Å². The summed E-state index contributed by atoms with van der Waals surface area (Å²) in [4.78, 5) is 22.4. The SMILES string of the molecule is C=C(C(=O)N[C@H](C)c1ccccc1)C(O)c1ccc([N+](=O)[O-])cc1. The summed E-state index contributed by atoms with van der Waals surface area (Å²) in [6, 6.07) is 14.5. The van der Waals surface area contributed by atoms with Gasteiger partial charge < -0.3 is 10.4 Å². The van der Waals surface area contributed by atoms with Crippen molar-refractivity contribution in [3.8, 4) is 0 Å². The number of rotatable bonds is 6. The van der Waals surface area contributed by atoms with Crippen molar-refractivity contribution < 1.29 is 14.8 Å². The largest absolute Gasteiger partial charge is 0.383 e. The molecular formula is C18H18N2O4. The van der Waals surface area contributed by atoms with Crippen LogP contribution in [0.3, 0.4) is 0 Å². The minimum Gasteiger partial charge on any atom is -0.383 e. The minimum absolute atomic E-state index is 0.0216. The topological polar surface area (TPSA) is 92.5 Å². The van der Waals surface area contributed by atoms with Gasteiger partial charge in [0, 0.05) is 17.7 Å². The van der Waals surface area contributed by atoms with E-state index in [1.165, 1.54) is 24.3 Å². The number of hydrogen-bond acceptors (Lipinski definition) is 4. The highest BCUT2D eigenvalue weighted by atomic mass is 16.6. The fraction of sp³-hybridized carbons (Fsp3) is 0.167. The lowest BCUT2D eigenvalue weighted by molar-refractivity contribution is -0.384. The number of nitro benzene ring substituents is 1. The number of aliphatic hydroxyl groups excluding tert-OH is 1. The Kier molecular flexibility index (Phi) is 5.44. The molecule has 124 valence electrons. The lowest BCUT2D eigenvalue weighted by atomic mass is 10.0. The fourth-order valence-corrected chi connectivity index (χ4v) is 2.22. The number of carbonyl (C=O) groups is 1. The van der Waals surface area contributed by atoms with E-state index in [9.17, 15) is 20.0 Å². The molecule has 6 nitrogen and oxygen atoms in total. The molecule has 0 aliphatic carbocycles. The average Bonchev–Trinajstić information content (AvgIpc) is 2.61. The van der Waals surface area contributed by atoms with Gasteiger partial charge in [0.25, 0.3) is 5.69 Å². The number of hydrogen-bond donors (Lipinski definition) is 2. The molecule has 2 aromatic rings. The highest BCUT2D eigenvalue weighted by Crippen LogP contribution is 2.23. The monoisotopic (exact) mass is 326 g/mol. The first-order valence-electron chi connectivity index (χ1n) is 7.37. The molecule has 1 amide bonds. The molecule has 2 rings (SSSR count). The Morgan fingerprint density at radius 1 is 1.12 bits per heavy atom. The predicted octanol–water partition coefficient (Wildman–Crippen LogP) is 3.06. The maximum Gasteiger partial charge on any atom is 0.269 e. The van der Waals surface area contributed by atoms with Crippen LogP contribution < -0.4 is 5.32 Å². The highest BCUT2D eigenvalue weighted by molar-refractivity contribution is 5.94. The Morgan fingerprint density at radius 3 is 2.25 bits per heavy atom. The summed E-state index contributed by atoms with van der Waals surface area (Å²) in [5.74, 6) is -0.475. The Bertz CT molecular complexity index is 741. The quantitative estimate of drug-likeness (QED) is 0.485. The number of nitrogens with one attached hydrogen (secondary N) is 1. The average molecular weight is 326 g/mol. The Hall–Kier alpha value is -2.99. The summed E-state index contributed by atoms with van der Waals surface area (Å²) >= 11 is 0. The molecule has 2 aromatic carbocycles. The molecule has 0 aliphatic heterocycles. The van der Waals surface area contributed by atoms with Crippen molar-refractivity contribution in [2.75, 3.05) is 0 Å². The van der Waals surface area contributed by atoms with E-state index in [2.05, 4.69) is 11.9 Å². The second-order valence-corrected chi connectivity index (χ2v) is 5.38. The van der Waals surface area contributed by atoms with E-state index in [-0.39, 0.29) is 17.3 Å². The van der Waals surface area contributed by atoms with E-state index in [0.717, 1.165) is 5.56 Å². The van der Waals surface area contributed by atoms with Crippen LogP contribution in [0.2, 0.25) is 0 Å². The lowest BCUT2D eigenvalue weighted by Crippen LogP contribution is -2.29. The molecular weight excluding hydrogens is 308 g/mol. The van der Waals surface area contributed by atoms with Crippen molar-refractivity contribution in [3.05, 3.63) is 88.0 Å². The van der Waals surface area contributed by atoms with E-state index < -0.39 is 16.9 Å². The van der Waals surface area contributed by atoms with Crippen molar-refractivity contribution in [1.29, 1.82) is 0 Å². The van der Waals surface area contributed by atoms with Crippen LogP contribution in [-0.4, -0.2) is 15.9 Å². The van der Waals surface area contributed by atoms with E-state index in [4.69, 9.17) is 0 Å². The van der Waals surface area contributed by atoms with Crippen molar-refractivity contribution in [2.24, 2.45) is 0 Å². The summed E-state index contributed by atoms with van der Waals surface area (Å²) < 4.78 is 0. The van der Waals surface area contributed by atoms with Gasteiger partial charge in [0.05, 0.1) is 11.0 Å². The lowest BCUT2D eigenvalue weighted by Gasteiger charge is -2.18. The number of aliphatic hydroxyl groups is 1. The van der Waals surface area contributed by atoms with E-state index in [0.29, 0.717) is 5.56 Å². The first kappa shape index (κ1) is 17.4. The molecule has 0 saturated heterocycles. The molecule has 0 fully saturated rings. The zero-order chi connectivity index (χ0) is 17.7. The standard InChI is InChI=1S/C18H18N2O4/c1-12(17(21)15-8-10-16(11-9-15)20(23)24)18(22)19-13(2)14-6-4-3-5-7-14/h3-11,13,17,21H,1H2,2H3,(H,19,22)/t13-,17?/m1/s1. The molecule has 0 spiro atoms. The number of nitro groups is 1. The molecule has 0 bridgehead atoms. The van der Waals surface area contributed by atoms with Crippen molar-refractivity contribution in [3.63, 3.8) is 0 Å². The molecule has 1 unspecified atom stereocenters. The van der Waals surface area contributed by atoms with Crippen molar-refractivity contribution in [1.82, 2.24) is 5.32 Å². The molecule has 6 heteroatoms. The Morgan fingerprint density at radius 2 is 1.71 bits per heavy atom. The minimum atomic E-state index is -1.23. The Labute approximate surface area is 139 Å². The predicted molar refractivity (Wildman–Crippen MR) is 90.2 cm³/mol. The van der Waals surface area contributed by atoms with Gasteiger partial charge in [-0.05, 0) is 30.2 Å². The maximum atomic E-state index is 12.2. The molecule has 24 heavy (non-hydrogen) atoms. The van der Waals surface area contributed by atoms with Gasteiger partial charge in [0.2, 0.25) is 5.91 Å². The zero-order valence-corrected chi connectivity index (χ0v) is 13.2. The highest BCUT2D eigenvalue weighted by Gasteiger charge is 2.20. The van der Waals surface area contributed by atoms with Crippen LogP contribution in [0.4, 0.5) is 5.69 Å². The van der Waals surface area contributed by atoms with Gasteiger partial charge in [-0.3, -0.25) is 14.9 Å². The van der Waals surface area contributed by atoms with Crippen LogP contribution in [0.5, 0.6) is 0 Å². The van der Waals surface area contributed by atoms with Crippen LogP contribution in [0.1, 0.15) is 30.2 Å². The van der Waals surface area contributed by atoms with E-state index in [1.807, 2.05) is 37.3 Å². The second kappa shape index (κ2) is 7.52. The van der Waals surface area contributed by atoms with Crippen molar-refractivity contribution in [2.45, 2.75) is 19.1 Å². The van der Waals surface area contributed by atoms with E-state index in [1.54, 1.807) is 0 Å². The molecule has 0 heterocycles. The smallest absolute Gasteiger partial charge is 0.269 e. The van der Waals surface area contributed by atoms with Crippen LogP contribution in [-0.2, 0) is 4.79 Å². The summed E-state index contributed by atoms with van der Waals surface area (Å²) in [7, 11) is 0. The molecule has 0 saturated carbocycles. The van der Waals surface area contributed by atoms with Gasteiger partial charge in [-0.1, -0.05) is 36.9 Å². The summed E-state index contributed by atoms with van der Waals surface area (Å²) in [6.45, 7) is 5.47. The third-order valence-electron chi connectivity index (χ3n) is 3.69. The van der Waals surface area contributed by atoms with Gasteiger partial charge in [-0.25, -0.2) is 0 Å². The summed E-state index contributed by atoms with van der Waals surface area (Å²) in [5, 5.41) is 23.7. The molecule has 2 N–H and O–H groups in total. The fourth-order valence-electron chi connectivity index (χ4n) is 2.22. The Balaban J connectivity index is 2.04. The molecule has 0 aromatic heterocycles. The summed E-state index contributed by atoms with van der Waals surface area (Å²) in [6.07, 6.45) is -1.23. The molecule has 0 radical (unpaired) electrons. The van der Waals surface area contributed by atoms with Crippen molar-refractivity contribution >= 4 is 11.6 Å². The first-order valence-corrected chi connectivity index (χ1v) is 7.37. The second-order valence-electron chi connectivity index (χ2n) is 5.38. The number of non-ortho nitro benzene ring substituents is 1. The van der Waals surface area contributed by atoms with E-state index >= 15 is 0 Å². The van der Waals surface area contributed by atoms with Crippen LogP contribution >= 0.6 is 0 Å². The molecule has 2 atom stereocenters. The van der Waals surface area contributed by atoms with Crippen LogP contribution in [0, 0.1) is 10.1 Å². The van der Waals surface area contributed by atoms with Gasteiger partial charge >= 0.3 is 0 Å². The summed E-state index contributed by atoms with van der Waals surface area (Å²) in [5.41, 5.74) is 1.20. The number of nitrogens with zero attached hydrogens (tertiary/aromatic N) is 1. The normalized spacial score (nSPS) is 12.9. The third-order valence-corrected chi connectivity index (χ3v) is 3.69. The molecule has 0 aliphatic rings. The van der Waals surface area contributed by atoms with Crippen LogP contribution in [0.25, 0.3) is 0 Å². The maximum absolute atomic E-state index is 12.2. The number of benzene rings is 2. The number of amides is 1. The third kappa shape index (κ3) is 4.05.